The first kappa shape index (κ1) is 15.1. The molecule has 1 aromatic carbocycles. The highest BCUT2D eigenvalue weighted by Crippen LogP contribution is 2.27. The summed E-state index contributed by atoms with van der Waals surface area (Å²) in [6, 6.07) is 5.85. The lowest BCUT2D eigenvalue weighted by Gasteiger charge is -2.34. The van der Waals surface area contributed by atoms with Gasteiger partial charge in [0.05, 0.1) is 0 Å². The van der Waals surface area contributed by atoms with Crippen LogP contribution in [0.1, 0.15) is 25.0 Å². The maximum atomic E-state index is 6.32. The summed E-state index contributed by atoms with van der Waals surface area (Å²) in [5.41, 5.74) is 7.59. The van der Waals surface area contributed by atoms with Gasteiger partial charge in [0.25, 0.3) is 0 Å². The lowest BCUT2D eigenvalue weighted by atomic mass is 10.1. The van der Waals surface area contributed by atoms with E-state index in [-0.39, 0.29) is 0 Å². The average molecular weight is 315 g/mol. The Hall–Kier alpha value is -0.290. The minimum atomic E-state index is 0.394. The number of hydrogen-bond donors (Lipinski definition) is 1. The summed E-state index contributed by atoms with van der Waals surface area (Å²) in [6.45, 7) is 7.69. The van der Waals surface area contributed by atoms with Crippen LogP contribution in [0, 0.1) is 0 Å². The summed E-state index contributed by atoms with van der Waals surface area (Å²) in [6.07, 6.45) is 0. The molecule has 0 amide bonds. The maximum absolute atomic E-state index is 6.32. The summed E-state index contributed by atoms with van der Waals surface area (Å²) in [4.78, 5) is 2.86. The first-order chi connectivity index (χ1) is 8.95. The zero-order chi connectivity index (χ0) is 14.0. The van der Waals surface area contributed by atoms with Gasteiger partial charge in [-0.3, -0.25) is 4.90 Å². The fourth-order valence-corrected chi connectivity index (χ4v) is 4.24. The molecular formula is C14H19ClN2S2. The predicted octanol–water partition coefficient (Wildman–Crippen LogP) is 3.30. The van der Waals surface area contributed by atoms with Crippen LogP contribution in [-0.2, 0) is 6.54 Å². The minimum absolute atomic E-state index is 0.394. The van der Waals surface area contributed by atoms with Gasteiger partial charge in [0.1, 0.15) is 4.99 Å². The Balaban J connectivity index is 2.08. The molecule has 1 saturated heterocycles. The van der Waals surface area contributed by atoms with E-state index in [4.69, 9.17) is 29.6 Å². The molecule has 0 aromatic heterocycles. The highest BCUT2D eigenvalue weighted by Gasteiger charge is 2.22. The number of benzene rings is 1. The van der Waals surface area contributed by atoms with Crippen LogP contribution in [0.2, 0.25) is 5.02 Å². The van der Waals surface area contributed by atoms with Crippen molar-refractivity contribution in [2.75, 3.05) is 13.1 Å². The van der Waals surface area contributed by atoms with Gasteiger partial charge in [-0.2, -0.15) is 11.8 Å². The van der Waals surface area contributed by atoms with Crippen molar-refractivity contribution in [3.8, 4) is 0 Å². The first-order valence-corrected chi connectivity index (χ1v) is 8.14. The molecule has 1 aliphatic rings. The molecule has 0 radical (unpaired) electrons. The molecule has 0 saturated carbocycles. The van der Waals surface area contributed by atoms with Gasteiger partial charge in [-0.25, -0.2) is 0 Å². The van der Waals surface area contributed by atoms with E-state index in [1.807, 2.05) is 18.2 Å². The molecule has 1 fully saturated rings. The zero-order valence-corrected chi connectivity index (χ0v) is 13.6. The predicted molar refractivity (Wildman–Crippen MR) is 89.1 cm³/mol. The van der Waals surface area contributed by atoms with Gasteiger partial charge in [0.15, 0.2) is 0 Å². The molecule has 2 unspecified atom stereocenters. The standard InChI is InChI=1S/C14H19ClN2S2/c1-9-6-17(7-10(2)19-9)8-12-4-3-11(14(16)18)5-13(12)15/h3-5,9-10H,6-8H2,1-2H3,(H2,16,18). The Morgan fingerprint density at radius 2 is 2.05 bits per heavy atom. The molecule has 19 heavy (non-hydrogen) atoms. The van der Waals surface area contributed by atoms with Crippen molar-refractivity contribution >= 4 is 40.6 Å². The number of hydrogen-bond acceptors (Lipinski definition) is 3. The Morgan fingerprint density at radius 3 is 2.58 bits per heavy atom. The average Bonchev–Trinajstić information content (AvgIpc) is 2.30. The third kappa shape index (κ3) is 4.09. The van der Waals surface area contributed by atoms with Crippen LogP contribution in [-0.4, -0.2) is 33.5 Å². The van der Waals surface area contributed by atoms with Crippen molar-refractivity contribution in [2.45, 2.75) is 30.9 Å². The quantitative estimate of drug-likeness (QED) is 0.867. The number of halogens is 1. The van der Waals surface area contributed by atoms with Gasteiger partial charge in [0, 0.05) is 40.7 Å². The molecule has 0 spiro atoms. The van der Waals surface area contributed by atoms with Crippen molar-refractivity contribution < 1.29 is 0 Å². The Bertz CT molecular complexity index is 469. The van der Waals surface area contributed by atoms with Gasteiger partial charge < -0.3 is 5.73 Å². The minimum Gasteiger partial charge on any atom is -0.389 e. The van der Waals surface area contributed by atoms with Gasteiger partial charge in [-0.15, -0.1) is 0 Å². The van der Waals surface area contributed by atoms with Crippen molar-refractivity contribution in [3.63, 3.8) is 0 Å². The molecule has 2 atom stereocenters. The van der Waals surface area contributed by atoms with Gasteiger partial charge in [-0.05, 0) is 11.6 Å². The summed E-state index contributed by atoms with van der Waals surface area (Å²) in [5, 5.41) is 2.11. The van der Waals surface area contributed by atoms with E-state index in [0.717, 1.165) is 35.8 Å². The third-order valence-electron chi connectivity index (χ3n) is 3.23. The molecule has 104 valence electrons. The molecule has 0 bridgehead atoms. The highest BCUT2D eigenvalue weighted by atomic mass is 35.5. The second-order valence-corrected chi connectivity index (χ2v) is 7.85. The lowest BCUT2D eigenvalue weighted by Crippen LogP contribution is -2.39. The smallest absolute Gasteiger partial charge is 0.104 e. The fourth-order valence-electron chi connectivity index (χ4n) is 2.48. The second kappa shape index (κ2) is 6.44. The number of nitrogens with zero attached hydrogens (tertiary/aromatic N) is 1. The molecule has 2 N–H and O–H groups in total. The van der Waals surface area contributed by atoms with Crippen LogP contribution in [0.5, 0.6) is 0 Å². The van der Waals surface area contributed by atoms with E-state index >= 15 is 0 Å². The molecule has 2 rings (SSSR count). The molecule has 0 aliphatic carbocycles. The fraction of sp³-hybridized carbons (Fsp3) is 0.500. The Labute approximate surface area is 129 Å². The molecule has 5 heteroatoms. The van der Waals surface area contributed by atoms with E-state index in [9.17, 15) is 0 Å². The van der Waals surface area contributed by atoms with E-state index in [0.29, 0.717) is 15.5 Å². The Morgan fingerprint density at radius 1 is 1.42 bits per heavy atom. The van der Waals surface area contributed by atoms with Gasteiger partial charge in [0.2, 0.25) is 0 Å². The topological polar surface area (TPSA) is 29.3 Å². The monoisotopic (exact) mass is 314 g/mol. The SMILES string of the molecule is CC1CN(Cc2ccc(C(N)=S)cc2Cl)CC(C)S1. The van der Waals surface area contributed by atoms with Crippen LogP contribution >= 0.6 is 35.6 Å². The summed E-state index contributed by atoms with van der Waals surface area (Å²) in [5.74, 6) is 0. The van der Waals surface area contributed by atoms with Crippen molar-refractivity contribution in [2.24, 2.45) is 5.73 Å². The largest absolute Gasteiger partial charge is 0.389 e. The lowest BCUT2D eigenvalue weighted by molar-refractivity contribution is 0.263. The first-order valence-electron chi connectivity index (χ1n) is 6.41. The highest BCUT2D eigenvalue weighted by molar-refractivity contribution is 8.00. The second-order valence-electron chi connectivity index (χ2n) is 5.12. The Kier molecular flexibility index (Phi) is 5.12. The number of rotatable bonds is 3. The summed E-state index contributed by atoms with van der Waals surface area (Å²) >= 11 is 13.3. The van der Waals surface area contributed by atoms with Gasteiger partial charge in [-0.1, -0.05) is 49.8 Å². The molecule has 1 aliphatic heterocycles. The third-order valence-corrected chi connectivity index (χ3v) is 5.04. The van der Waals surface area contributed by atoms with Crippen LogP contribution in [0.15, 0.2) is 18.2 Å². The van der Waals surface area contributed by atoms with E-state index < -0.39 is 0 Å². The van der Waals surface area contributed by atoms with Crippen molar-refractivity contribution in [1.29, 1.82) is 0 Å². The van der Waals surface area contributed by atoms with Crippen molar-refractivity contribution in [3.05, 3.63) is 34.3 Å². The van der Waals surface area contributed by atoms with Crippen LogP contribution in [0.25, 0.3) is 0 Å². The number of thioether (sulfide) groups is 1. The molecule has 1 aromatic rings. The van der Waals surface area contributed by atoms with E-state index in [2.05, 4.69) is 30.5 Å². The molecule has 1 heterocycles. The number of nitrogens with two attached hydrogens (primary N) is 1. The zero-order valence-electron chi connectivity index (χ0n) is 11.2. The molecule has 2 nitrogen and oxygen atoms in total. The summed E-state index contributed by atoms with van der Waals surface area (Å²) in [7, 11) is 0. The normalized spacial score (nSPS) is 24.4. The summed E-state index contributed by atoms with van der Waals surface area (Å²) < 4.78 is 0. The van der Waals surface area contributed by atoms with E-state index in [1.54, 1.807) is 0 Å². The number of thiocarbonyl (C=S) groups is 1. The van der Waals surface area contributed by atoms with E-state index in [1.165, 1.54) is 0 Å². The molecular weight excluding hydrogens is 296 g/mol. The van der Waals surface area contributed by atoms with Gasteiger partial charge >= 0.3 is 0 Å². The maximum Gasteiger partial charge on any atom is 0.104 e. The van der Waals surface area contributed by atoms with Crippen LogP contribution in [0.4, 0.5) is 0 Å². The van der Waals surface area contributed by atoms with Crippen LogP contribution in [0.3, 0.4) is 0 Å². The van der Waals surface area contributed by atoms with Crippen molar-refractivity contribution in [1.82, 2.24) is 4.90 Å². The van der Waals surface area contributed by atoms with Crippen LogP contribution < -0.4 is 5.73 Å².